The first kappa shape index (κ1) is 17.9. The van der Waals surface area contributed by atoms with Crippen LogP contribution in [0.15, 0.2) is 40.6 Å². The van der Waals surface area contributed by atoms with Crippen molar-refractivity contribution in [3.63, 3.8) is 0 Å². The van der Waals surface area contributed by atoms with Gasteiger partial charge in [0, 0.05) is 10.4 Å². The van der Waals surface area contributed by atoms with E-state index in [4.69, 9.17) is 9.47 Å². The maximum absolute atomic E-state index is 12.4. The van der Waals surface area contributed by atoms with Gasteiger partial charge in [0.15, 0.2) is 0 Å². The van der Waals surface area contributed by atoms with E-state index in [1.54, 1.807) is 24.3 Å². The monoisotopic (exact) mass is 411 g/mol. The van der Waals surface area contributed by atoms with E-state index >= 15 is 0 Å². The van der Waals surface area contributed by atoms with Gasteiger partial charge in [0.2, 0.25) is 6.29 Å². The highest BCUT2D eigenvalue weighted by atomic mass is 79.9. The van der Waals surface area contributed by atoms with Crippen molar-refractivity contribution in [3.05, 3.63) is 46.1 Å². The van der Waals surface area contributed by atoms with Crippen LogP contribution in [-0.2, 0) is 14.3 Å². The first-order valence-electron chi connectivity index (χ1n) is 7.91. The SMILES string of the molecule is CC[C@@H](OC(=O)c1ccc(Br)cc1)[C@H]1NC(=O)C2=COC(O)C(O)[C@@H]21. The van der Waals surface area contributed by atoms with Gasteiger partial charge in [0.25, 0.3) is 5.91 Å². The highest BCUT2D eigenvalue weighted by Crippen LogP contribution is 2.35. The number of hydrogen-bond donors (Lipinski definition) is 3. The highest BCUT2D eigenvalue weighted by molar-refractivity contribution is 9.10. The minimum Gasteiger partial charge on any atom is -0.469 e. The lowest BCUT2D eigenvalue weighted by Crippen LogP contribution is -2.49. The van der Waals surface area contributed by atoms with Gasteiger partial charge in [-0.15, -0.1) is 0 Å². The molecule has 0 saturated carbocycles. The zero-order valence-corrected chi connectivity index (χ0v) is 15.0. The molecule has 3 N–H and O–H groups in total. The standard InChI is InChI=1S/C17H18BrNO6/c1-2-11(25-16(22)8-3-5-9(18)6-4-8)13-12-10(15(21)19-13)7-24-17(23)14(12)20/h3-7,11-14,17,20,23H,2H2,1H3,(H,19,21)/t11-,12+,13-,14?,17?/m1/s1. The number of carbonyl (C=O) groups is 2. The molecule has 8 heteroatoms. The molecule has 0 aromatic heterocycles. The summed E-state index contributed by atoms with van der Waals surface area (Å²) in [6.45, 7) is 1.82. The van der Waals surface area contributed by atoms with Crippen molar-refractivity contribution in [1.29, 1.82) is 0 Å². The summed E-state index contributed by atoms with van der Waals surface area (Å²) in [5.74, 6) is -1.63. The zero-order valence-electron chi connectivity index (χ0n) is 13.4. The lowest BCUT2D eigenvalue weighted by molar-refractivity contribution is -0.157. The van der Waals surface area contributed by atoms with Crippen molar-refractivity contribution in [2.75, 3.05) is 0 Å². The van der Waals surface area contributed by atoms with E-state index in [1.165, 1.54) is 0 Å². The van der Waals surface area contributed by atoms with Gasteiger partial charge >= 0.3 is 5.97 Å². The summed E-state index contributed by atoms with van der Waals surface area (Å²) in [4.78, 5) is 24.5. The Hall–Kier alpha value is -1.90. The first-order valence-corrected chi connectivity index (χ1v) is 8.70. The molecule has 1 aromatic carbocycles. The van der Waals surface area contributed by atoms with Gasteiger partial charge in [0.1, 0.15) is 12.2 Å². The molecule has 0 spiro atoms. The van der Waals surface area contributed by atoms with Gasteiger partial charge in [-0.25, -0.2) is 4.79 Å². The molecule has 1 saturated heterocycles. The molecule has 0 bridgehead atoms. The van der Waals surface area contributed by atoms with Crippen LogP contribution in [0.1, 0.15) is 23.7 Å². The number of hydrogen-bond acceptors (Lipinski definition) is 6. The minimum absolute atomic E-state index is 0.237. The van der Waals surface area contributed by atoms with Crippen molar-refractivity contribution in [2.24, 2.45) is 5.92 Å². The quantitative estimate of drug-likeness (QED) is 0.640. The third-order valence-corrected chi connectivity index (χ3v) is 4.97. The second kappa shape index (κ2) is 7.15. The second-order valence-electron chi connectivity index (χ2n) is 5.97. The average molecular weight is 412 g/mol. The summed E-state index contributed by atoms with van der Waals surface area (Å²) in [6.07, 6.45) is -1.79. The van der Waals surface area contributed by atoms with E-state index in [0.717, 1.165) is 10.7 Å². The fourth-order valence-corrected chi connectivity index (χ4v) is 3.39. The Morgan fingerprint density at radius 1 is 1.36 bits per heavy atom. The number of amides is 1. The van der Waals surface area contributed by atoms with Gasteiger partial charge in [-0.3, -0.25) is 4.79 Å². The van der Waals surface area contributed by atoms with E-state index < -0.39 is 42.3 Å². The number of esters is 1. The molecule has 1 amide bonds. The van der Waals surface area contributed by atoms with Crippen LogP contribution in [0.4, 0.5) is 0 Å². The van der Waals surface area contributed by atoms with Crippen LogP contribution < -0.4 is 5.32 Å². The van der Waals surface area contributed by atoms with Crippen molar-refractivity contribution in [2.45, 2.75) is 37.9 Å². The zero-order chi connectivity index (χ0) is 18.1. The third kappa shape index (κ3) is 3.42. The molecule has 1 fully saturated rings. The molecule has 0 radical (unpaired) electrons. The number of rotatable bonds is 4. The lowest BCUT2D eigenvalue weighted by Gasteiger charge is -2.33. The summed E-state index contributed by atoms with van der Waals surface area (Å²) in [5.41, 5.74) is 0.621. The van der Waals surface area contributed by atoms with Crippen LogP contribution in [0, 0.1) is 5.92 Å². The Morgan fingerprint density at radius 2 is 2.04 bits per heavy atom. The van der Waals surface area contributed by atoms with E-state index in [2.05, 4.69) is 21.2 Å². The normalized spacial score (nSPS) is 29.1. The molecule has 1 aromatic rings. The third-order valence-electron chi connectivity index (χ3n) is 4.44. The summed E-state index contributed by atoms with van der Waals surface area (Å²) in [7, 11) is 0. The van der Waals surface area contributed by atoms with E-state index in [0.29, 0.717) is 12.0 Å². The van der Waals surface area contributed by atoms with Crippen LogP contribution in [-0.4, -0.2) is 46.6 Å². The predicted molar refractivity (Wildman–Crippen MR) is 90.2 cm³/mol. The topological polar surface area (TPSA) is 105 Å². The number of aliphatic hydroxyl groups excluding tert-OH is 2. The molecular weight excluding hydrogens is 394 g/mol. The van der Waals surface area contributed by atoms with Crippen molar-refractivity contribution >= 4 is 27.8 Å². The smallest absolute Gasteiger partial charge is 0.338 e. The predicted octanol–water partition coefficient (Wildman–Crippen LogP) is 1.09. The average Bonchev–Trinajstić information content (AvgIpc) is 2.93. The maximum atomic E-state index is 12.4. The van der Waals surface area contributed by atoms with Gasteiger partial charge in [0.05, 0.1) is 23.4 Å². The Labute approximate surface area is 152 Å². The number of aliphatic hydroxyl groups is 2. The number of benzene rings is 1. The van der Waals surface area contributed by atoms with Gasteiger partial charge in [-0.2, -0.15) is 0 Å². The summed E-state index contributed by atoms with van der Waals surface area (Å²) >= 11 is 3.30. The van der Waals surface area contributed by atoms with E-state index in [1.807, 2.05) is 6.92 Å². The van der Waals surface area contributed by atoms with Crippen molar-refractivity contribution in [1.82, 2.24) is 5.32 Å². The molecule has 5 atom stereocenters. The molecular formula is C17H18BrNO6. The molecule has 0 aliphatic carbocycles. The van der Waals surface area contributed by atoms with Crippen LogP contribution in [0.3, 0.4) is 0 Å². The molecule has 7 nitrogen and oxygen atoms in total. The molecule has 2 heterocycles. The Bertz CT molecular complexity index is 704. The highest BCUT2D eigenvalue weighted by Gasteiger charge is 2.50. The maximum Gasteiger partial charge on any atom is 0.338 e. The first-order chi connectivity index (χ1) is 11.9. The molecule has 2 aliphatic heterocycles. The summed E-state index contributed by atoms with van der Waals surface area (Å²) in [5, 5.41) is 22.6. The van der Waals surface area contributed by atoms with Crippen molar-refractivity contribution in [3.8, 4) is 0 Å². The van der Waals surface area contributed by atoms with Crippen molar-refractivity contribution < 1.29 is 29.3 Å². The summed E-state index contributed by atoms with van der Waals surface area (Å²) in [6, 6.07) is 6.08. The van der Waals surface area contributed by atoms with Gasteiger partial charge in [-0.1, -0.05) is 22.9 Å². The number of ether oxygens (including phenoxy) is 2. The Balaban J connectivity index is 1.79. The van der Waals surface area contributed by atoms with Crippen LogP contribution in [0.5, 0.6) is 0 Å². The Morgan fingerprint density at radius 3 is 2.68 bits per heavy atom. The second-order valence-corrected chi connectivity index (χ2v) is 6.89. The lowest BCUT2D eigenvalue weighted by atomic mass is 9.85. The number of nitrogens with one attached hydrogen (secondary N) is 1. The Kier molecular flexibility index (Phi) is 5.12. The summed E-state index contributed by atoms with van der Waals surface area (Å²) < 4.78 is 11.3. The van der Waals surface area contributed by atoms with Crippen LogP contribution in [0.2, 0.25) is 0 Å². The van der Waals surface area contributed by atoms with Crippen LogP contribution >= 0.6 is 15.9 Å². The van der Waals surface area contributed by atoms with E-state index in [9.17, 15) is 19.8 Å². The number of fused-ring (bicyclic) bond motifs is 1. The van der Waals surface area contributed by atoms with E-state index in [-0.39, 0.29) is 5.57 Å². The fourth-order valence-electron chi connectivity index (χ4n) is 3.12. The van der Waals surface area contributed by atoms with Gasteiger partial charge in [-0.05, 0) is 30.7 Å². The van der Waals surface area contributed by atoms with Crippen LogP contribution in [0.25, 0.3) is 0 Å². The number of halogens is 1. The largest absolute Gasteiger partial charge is 0.469 e. The molecule has 25 heavy (non-hydrogen) atoms. The molecule has 134 valence electrons. The molecule has 2 aliphatic rings. The molecule has 3 rings (SSSR count). The number of carbonyl (C=O) groups excluding carboxylic acids is 2. The molecule has 2 unspecified atom stereocenters. The van der Waals surface area contributed by atoms with Gasteiger partial charge < -0.3 is 25.0 Å². The minimum atomic E-state index is -1.43. The fraction of sp³-hybridized carbons (Fsp3) is 0.412.